The summed E-state index contributed by atoms with van der Waals surface area (Å²) in [6, 6.07) is 10.6. The molecule has 152 valence electrons. The molecule has 2 aliphatic heterocycles. The first kappa shape index (κ1) is 21.8. The van der Waals surface area contributed by atoms with Crippen molar-refractivity contribution in [3.63, 3.8) is 0 Å². The first-order valence-electron chi connectivity index (χ1n) is 9.38. The molecule has 1 aromatic carbocycles. The molecule has 28 heavy (non-hydrogen) atoms. The van der Waals surface area contributed by atoms with Crippen molar-refractivity contribution in [3.05, 3.63) is 56.7 Å². The van der Waals surface area contributed by atoms with Crippen molar-refractivity contribution in [2.24, 2.45) is 10.7 Å². The van der Waals surface area contributed by atoms with Gasteiger partial charge in [-0.2, -0.15) is 0 Å². The quantitative estimate of drug-likeness (QED) is 0.370. The fourth-order valence-electron chi connectivity index (χ4n) is 3.73. The summed E-state index contributed by atoms with van der Waals surface area (Å²) < 4.78 is 5.40. The predicted octanol–water partition coefficient (Wildman–Crippen LogP) is 3.77. The Morgan fingerprint density at radius 2 is 1.93 bits per heavy atom. The second kappa shape index (κ2) is 10.2. The fourth-order valence-corrected chi connectivity index (χ4v) is 4.74. The molecule has 0 saturated carbocycles. The zero-order chi connectivity index (χ0) is 18.6. The van der Waals surface area contributed by atoms with Gasteiger partial charge in [-0.1, -0.05) is 23.7 Å². The Morgan fingerprint density at radius 3 is 2.68 bits per heavy atom. The van der Waals surface area contributed by atoms with E-state index in [1.54, 1.807) is 0 Å². The zero-order valence-corrected chi connectivity index (χ0v) is 19.6. The summed E-state index contributed by atoms with van der Waals surface area (Å²) in [5, 5.41) is 2.95. The average molecular weight is 533 g/mol. The summed E-state index contributed by atoms with van der Waals surface area (Å²) in [4.78, 5) is 10.9. The third kappa shape index (κ3) is 5.18. The number of hydrogen-bond acceptors (Lipinski definition) is 4. The highest BCUT2D eigenvalue weighted by Crippen LogP contribution is 2.31. The van der Waals surface area contributed by atoms with E-state index in [9.17, 15) is 0 Å². The SMILES string of the molecule is I.NC(=NCC(c1ccc(Cl)cc1)N1CCc2sccc2C1)N1CCOCC1. The number of thiophene rings is 1. The molecular formula is C20H26ClIN4OS. The standard InChI is InChI=1S/C20H25ClN4OS.HI/c21-17-3-1-15(2-4-17)18(13-23-20(22)24-8-10-26-11-9-24)25-7-5-19-16(14-25)6-12-27-19;/h1-4,6,12,18H,5,7-11,13-14H2,(H2,22,23);1H. The van der Waals surface area contributed by atoms with Crippen LogP contribution in [0.3, 0.4) is 0 Å². The number of fused-ring (bicyclic) bond motifs is 1. The Labute approximate surface area is 192 Å². The van der Waals surface area contributed by atoms with Gasteiger partial charge in [0.05, 0.1) is 25.8 Å². The fraction of sp³-hybridized carbons (Fsp3) is 0.450. The minimum absolute atomic E-state index is 0. The summed E-state index contributed by atoms with van der Waals surface area (Å²) in [5.41, 5.74) is 8.94. The number of ether oxygens (including phenoxy) is 1. The number of nitrogens with zero attached hydrogens (tertiary/aromatic N) is 3. The third-order valence-corrected chi connectivity index (χ3v) is 6.57. The molecule has 0 bridgehead atoms. The summed E-state index contributed by atoms with van der Waals surface area (Å²) >= 11 is 7.97. The molecule has 0 amide bonds. The molecule has 1 aromatic heterocycles. The van der Waals surface area contributed by atoms with Crippen LogP contribution in [-0.4, -0.2) is 55.2 Å². The first-order chi connectivity index (χ1) is 13.2. The number of aliphatic imine (C=N–C) groups is 1. The molecule has 0 aliphatic carbocycles. The molecule has 2 N–H and O–H groups in total. The maximum Gasteiger partial charge on any atom is 0.191 e. The van der Waals surface area contributed by atoms with Gasteiger partial charge in [0, 0.05) is 36.1 Å². The topological polar surface area (TPSA) is 54.1 Å². The lowest BCUT2D eigenvalue weighted by molar-refractivity contribution is 0.0673. The van der Waals surface area contributed by atoms with Gasteiger partial charge in [-0.05, 0) is 41.1 Å². The van der Waals surface area contributed by atoms with Crippen LogP contribution in [0.15, 0.2) is 40.7 Å². The highest BCUT2D eigenvalue weighted by molar-refractivity contribution is 14.0. The van der Waals surface area contributed by atoms with Crippen molar-refractivity contribution in [1.29, 1.82) is 0 Å². The van der Waals surface area contributed by atoms with Crippen LogP contribution < -0.4 is 5.73 Å². The van der Waals surface area contributed by atoms with Gasteiger partial charge in [-0.3, -0.25) is 9.89 Å². The van der Waals surface area contributed by atoms with Gasteiger partial charge >= 0.3 is 0 Å². The molecule has 1 saturated heterocycles. The minimum Gasteiger partial charge on any atom is -0.378 e. The highest BCUT2D eigenvalue weighted by atomic mass is 127. The van der Waals surface area contributed by atoms with Crippen LogP contribution >= 0.6 is 46.9 Å². The molecule has 5 nitrogen and oxygen atoms in total. The van der Waals surface area contributed by atoms with E-state index in [4.69, 9.17) is 27.1 Å². The van der Waals surface area contributed by atoms with E-state index in [1.807, 2.05) is 23.5 Å². The van der Waals surface area contributed by atoms with Crippen molar-refractivity contribution in [3.8, 4) is 0 Å². The van der Waals surface area contributed by atoms with E-state index >= 15 is 0 Å². The Balaban J connectivity index is 0.00000225. The van der Waals surface area contributed by atoms with Crippen LogP contribution in [0.4, 0.5) is 0 Å². The number of benzene rings is 1. The number of rotatable bonds is 4. The van der Waals surface area contributed by atoms with E-state index in [1.165, 1.54) is 16.0 Å². The average Bonchev–Trinajstić information content (AvgIpc) is 3.18. The van der Waals surface area contributed by atoms with E-state index in [0.717, 1.165) is 37.6 Å². The van der Waals surface area contributed by atoms with Gasteiger partial charge in [0.2, 0.25) is 0 Å². The molecule has 2 aliphatic rings. The van der Waals surface area contributed by atoms with E-state index in [0.29, 0.717) is 25.7 Å². The lowest BCUT2D eigenvalue weighted by atomic mass is 10.0. The summed E-state index contributed by atoms with van der Waals surface area (Å²) in [6.45, 7) is 5.68. The molecule has 2 aromatic rings. The van der Waals surface area contributed by atoms with Crippen molar-refractivity contribution in [2.45, 2.75) is 19.0 Å². The van der Waals surface area contributed by atoms with Crippen LogP contribution in [-0.2, 0) is 17.7 Å². The monoisotopic (exact) mass is 532 g/mol. The zero-order valence-electron chi connectivity index (χ0n) is 15.7. The van der Waals surface area contributed by atoms with Gasteiger partial charge in [-0.25, -0.2) is 0 Å². The smallest absolute Gasteiger partial charge is 0.191 e. The molecule has 1 unspecified atom stereocenters. The molecule has 1 fully saturated rings. The van der Waals surface area contributed by atoms with Crippen molar-refractivity contribution in [1.82, 2.24) is 9.80 Å². The van der Waals surface area contributed by atoms with E-state index in [2.05, 4.69) is 33.4 Å². The Bertz CT molecular complexity index is 792. The number of halogens is 2. The van der Waals surface area contributed by atoms with E-state index < -0.39 is 0 Å². The number of guanidine groups is 1. The summed E-state index contributed by atoms with van der Waals surface area (Å²) in [7, 11) is 0. The Hall–Kier alpha value is -0.870. The maximum absolute atomic E-state index is 6.27. The summed E-state index contributed by atoms with van der Waals surface area (Å²) in [6.07, 6.45) is 1.10. The lowest BCUT2D eigenvalue weighted by Gasteiger charge is -2.34. The van der Waals surface area contributed by atoms with Crippen LogP contribution in [0, 0.1) is 0 Å². The molecule has 3 heterocycles. The Kier molecular flexibility index (Phi) is 7.99. The van der Waals surface area contributed by atoms with E-state index in [-0.39, 0.29) is 30.0 Å². The van der Waals surface area contributed by atoms with Crippen molar-refractivity contribution >= 4 is 52.9 Å². The van der Waals surface area contributed by atoms with Gasteiger partial charge in [0.15, 0.2) is 5.96 Å². The van der Waals surface area contributed by atoms with Crippen molar-refractivity contribution in [2.75, 3.05) is 39.4 Å². The van der Waals surface area contributed by atoms with Gasteiger partial charge in [-0.15, -0.1) is 35.3 Å². The number of morpholine rings is 1. The second-order valence-corrected chi connectivity index (χ2v) is 8.39. The molecule has 4 rings (SSSR count). The van der Waals surface area contributed by atoms with Gasteiger partial charge < -0.3 is 15.4 Å². The van der Waals surface area contributed by atoms with Crippen molar-refractivity contribution < 1.29 is 4.74 Å². The van der Waals surface area contributed by atoms with Crippen LogP contribution in [0.25, 0.3) is 0 Å². The molecule has 0 radical (unpaired) electrons. The third-order valence-electron chi connectivity index (χ3n) is 5.29. The maximum atomic E-state index is 6.27. The largest absolute Gasteiger partial charge is 0.378 e. The molecular weight excluding hydrogens is 507 g/mol. The molecule has 1 atom stereocenters. The normalized spacial score (nSPS) is 19.0. The highest BCUT2D eigenvalue weighted by Gasteiger charge is 2.26. The Morgan fingerprint density at radius 1 is 1.18 bits per heavy atom. The van der Waals surface area contributed by atoms with Gasteiger partial charge in [0.1, 0.15) is 0 Å². The minimum atomic E-state index is 0. The van der Waals surface area contributed by atoms with Gasteiger partial charge in [0.25, 0.3) is 0 Å². The molecule has 8 heteroatoms. The second-order valence-electron chi connectivity index (χ2n) is 6.96. The lowest BCUT2D eigenvalue weighted by Crippen LogP contribution is -2.45. The van der Waals surface area contributed by atoms with Crippen LogP contribution in [0.2, 0.25) is 5.02 Å². The number of hydrogen-bond donors (Lipinski definition) is 1. The molecule has 0 spiro atoms. The predicted molar refractivity (Wildman–Crippen MR) is 127 cm³/mol. The first-order valence-corrected chi connectivity index (χ1v) is 10.6. The summed E-state index contributed by atoms with van der Waals surface area (Å²) in [5.74, 6) is 0.616. The number of nitrogens with two attached hydrogens (primary N) is 1. The van der Waals surface area contributed by atoms with Crippen LogP contribution in [0.5, 0.6) is 0 Å². The van der Waals surface area contributed by atoms with Crippen LogP contribution in [0.1, 0.15) is 22.0 Å².